The number of hydrogen-bond acceptors (Lipinski definition) is 3. The van der Waals surface area contributed by atoms with Crippen molar-refractivity contribution >= 4 is 15.7 Å². The lowest BCUT2D eigenvalue weighted by molar-refractivity contribution is 0.597. The first-order valence-corrected chi connectivity index (χ1v) is 7.91. The molecule has 0 radical (unpaired) electrons. The van der Waals surface area contributed by atoms with Crippen LogP contribution in [0.1, 0.15) is 16.7 Å². The minimum Gasteiger partial charge on any atom is -0.326 e. The van der Waals surface area contributed by atoms with Gasteiger partial charge in [-0.05, 0) is 42.7 Å². The van der Waals surface area contributed by atoms with Crippen LogP contribution in [0.2, 0.25) is 0 Å². The van der Waals surface area contributed by atoms with Gasteiger partial charge in [0, 0.05) is 6.54 Å². The van der Waals surface area contributed by atoms with Crippen LogP contribution in [0.3, 0.4) is 0 Å². The maximum atomic E-state index is 13.8. The summed E-state index contributed by atoms with van der Waals surface area (Å²) in [6.07, 6.45) is 0. The van der Waals surface area contributed by atoms with Gasteiger partial charge in [-0.1, -0.05) is 24.3 Å². The lowest BCUT2D eigenvalue weighted by Crippen LogP contribution is -2.16. The van der Waals surface area contributed by atoms with Gasteiger partial charge in [-0.3, -0.25) is 4.72 Å². The molecule has 2 aromatic rings. The number of hydrogen-bond donors (Lipinski definition) is 2. The van der Waals surface area contributed by atoms with Crippen molar-refractivity contribution in [3.05, 3.63) is 58.9 Å². The normalized spacial score (nSPS) is 11.4. The highest BCUT2D eigenvalue weighted by molar-refractivity contribution is 7.92. The molecule has 2 rings (SSSR count). The molecule has 0 aliphatic heterocycles. The summed E-state index contributed by atoms with van der Waals surface area (Å²) in [6.45, 7) is 3.56. The number of aryl methyl sites for hydroxylation is 2. The fraction of sp³-hybridized carbons (Fsp3) is 0.200. The van der Waals surface area contributed by atoms with E-state index in [2.05, 4.69) is 4.72 Å². The molecule has 0 saturated heterocycles. The van der Waals surface area contributed by atoms with Crippen LogP contribution in [0.15, 0.2) is 41.3 Å². The minimum atomic E-state index is -3.87. The van der Waals surface area contributed by atoms with Gasteiger partial charge in [0.1, 0.15) is 5.82 Å². The lowest BCUT2D eigenvalue weighted by Gasteiger charge is -2.13. The molecule has 2 aromatic carbocycles. The van der Waals surface area contributed by atoms with Crippen molar-refractivity contribution in [2.45, 2.75) is 25.3 Å². The highest BCUT2D eigenvalue weighted by atomic mass is 32.2. The Morgan fingerprint density at radius 2 is 1.86 bits per heavy atom. The predicted octanol–water partition coefficient (Wildman–Crippen LogP) is 2.70. The van der Waals surface area contributed by atoms with E-state index in [1.165, 1.54) is 18.2 Å². The molecule has 3 N–H and O–H groups in total. The molecule has 6 heteroatoms. The van der Waals surface area contributed by atoms with E-state index >= 15 is 0 Å². The van der Waals surface area contributed by atoms with E-state index in [-0.39, 0.29) is 17.1 Å². The Bertz CT molecular complexity index is 753. The molecule has 4 nitrogen and oxygen atoms in total. The van der Waals surface area contributed by atoms with Gasteiger partial charge in [0.15, 0.2) is 0 Å². The van der Waals surface area contributed by atoms with Crippen LogP contribution >= 0.6 is 0 Å². The Kier molecular flexibility index (Phi) is 4.29. The van der Waals surface area contributed by atoms with Crippen molar-refractivity contribution in [1.82, 2.24) is 0 Å². The second-order valence-electron chi connectivity index (χ2n) is 4.84. The summed E-state index contributed by atoms with van der Waals surface area (Å²) in [5.41, 5.74) is 7.30. The topological polar surface area (TPSA) is 72.2 Å². The van der Waals surface area contributed by atoms with Crippen molar-refractivity contribution in [2.24, 2.45) is 5.73 Å². The monoisotopic (exact) mass is 308 g/mol. The van der Waals surface area contributed by atoms with Gasteiger partial charge in [-0.25, -0.2) is 12.8 Å². The average molecular weight is 308 g/mol. The van der Waals surface area contributed by atoms with Crippen molar-refractivity contribution in [1.29, 1.82) is 0 Å². The maximum absolute atomic E-state index is 13.8. The molecule has 0 atom stereocenters. The first-order valence-electron chi connectivity index (χ1n) is 6.42. The number of anilines is 1. The molecule has 0 aliphatic rings. The molecule has 0 saturated carbocycles. The summed E-state index contributed by atoms with van der Waals surface area (Å²) in [5.74, 6) is -0.605. The molecule has 0 amide bonds. The Labute approximate surface area is 123 Å². The zero-order chi connectivity index (χ0) is 15.6. The highest BCUT2D eigenvalue weighted by Crippen LogP contribution is 2.24. The van der Waals surface area contributed by atoms with E-state index in [1.807, 2.05) is 0 Å². The van der Waals surface area contributed by atoms with Crippen LogP contribution in [0.4, 0.5) is 10.1 Å². The standard InChI is InChI=1S/C15H17FN2O2S/c1-10-6-7-12(9-17)8-14(10)21(19,20)18-15-11(2)4-3-5-13(15)16/h3-8,18H,9,17H2,1-2H3. The van der Waals surface area contributed by atoms with Crippen LogP contribution in [-0.2, 0) is 16.6 Å². The molecule has 0 fully saturated rings. The quantitative estimate of drug-likeness (QED) is 0.912. The van der Waals surface area contributed by atoms with E-state index in [0.29, 0.717) is 16.7 Å². The molecule has 112 valence electrons. The molecule has 0 bridgehead atoms. The largest absolute Gasteiger partial charge is 0.326 e. The van der Waals surface area contributed by atoms with Crippen molar-refractivity contribution in [3.8, 4) is 0 Å². The Hall–Kier alpha value is -1.92. The number of halogens is 1. The van der Waals surface area contributed by atoms with Crippen molar-refractivity contribution in [2.75, 3.05) is 4.72 Å². The van der Waals surface area contributed by atoms with Gasteiger partial charge in [-0.2, -0.15) is 0 Å². The van der Waals surface area contributed by atoms with Crippen molar-refractivity contribution < 1.29 is 12.8 Å². The number of rotatable bonds is 4. The summed E-state index contributed by atoms with van der Waals surface area (Å²) in [6, 6.07) is 9.35. The molecular formula is C15H17FN2O2S. The third-order valence-corrected chi connectivity index (χ3v) is 4.73. The first-order chi connectivity index (χ1) is 9.85. The van der Waals surface area contributed by atoms with Gasteiger partial charge in [0.05, 0.1) is 10.6 Å². The molecule has 0 spiro atoms. The van der Waals surface area contributed by atoms with Crippen LogP contribution < -0.4 is 10.5 Å². The van der Waals surface area contributed by atoms with Crippen LogP contribution in [-0.4, -0.2) is 8.42 Å². The van der Waals surface area contributed by atoms with E-state index in [9.17, 15) is 12.8 Å². The SMILES string of the molecule is Cc1ccc(CN)cc1S(=O)(=O)Nc1c(C)cccc1F. The van der Waals surface area contributed by atoms with Crippen LogP contribution in [0, 0.1) is 19.7 Å². The van der Waals surface area contributed by atoms with Crippen LogP contribution in [0.5, 0.6) is 0 Å². The van der Waals surface area contributed by atoms with Gasteiger partial charge in [0.2, 0.25) is 0 Å². The molecule has 0 heterocycles. The second-order valence-corrected chi connectivity index (χ2v) is 6.49. The summed E-state index contributed by atoms with van der Waals surface area (Å²) >= 11 is 0. The number of benzene rings is 2. The Morgan fingerprint density at radius 3 is 2.48 bits per heavy atom. The highest BCUT2D eigenvalue weighted by Gasteiger charge is 2.20. The van der Waals surface area contributed by atoms with Gasteiger partial charge < -0.3 is 5.73 Å². The predicted molar refractivity (Wildman–Crippen MR) is 81.0 cm³/mol. The summed E-state index contributed by atoms with van der Waals surface area (Å²) in [5, 5.41) is 0. The zero-order valence-corrected chi connectivity index (χ0v) is 12.7. The lowest BCUT2D eigenvalue weighted by atomic mass is 10.1. The molecule has 0 aromatic heterocycles. The molecule has 21 heavy (non-hydrogen) atoms. The van der Waals surface area contributed by atoms with Crippen LogP contribution in [0.25, 0.3) is 0 Å². The third kappa shape index (κ3) is 3.22. The van der Waals surface area contributed by atoms with Gasteiger partial charge in [-0.15, -0.1) is 0 Å². The van der Waals surface area contributed by atoms with E-state index in [4.69, 9.17) is 5.73 Å². The summed E-state index contributed by atoms with van der Waals surface area (Å²) in [4.78, 5) is 0.105. The van der Waals surface area contributed by atoms with Gasteiger partial charge in [0.25, 0.3) is 10.0 Å². The maximum Gasteiger partial charge on any atom is 0.262 e. The van der Waals surface area contributed by atoms with E-state index in [1.54, 1.807) is 32.0 Å². The zero-order valence-electron chi connectivity index (χ0n) is 11.9. The molecule has 0 aliphatic carbocycles. The van der Waals surface area contributed by atoms with Crippen molar-refractivity contribution in [3.63, 3.8) is 0 Å². The molecular weight excluding hydrogens is 291 g/mol. The minimum absolute atomic E-state index is 0.0324. The second kappa shape index (κ2) is 5.83. The average Bonchev–Trinajstić information content (AvgIpc) is 2.43. The van der Waals surface area contributed by atoms with E-state index < -0.39 is 15.8 Å². The smallest absolute Gasteiger partial charge is 0.262 e. The Morgan fingerprint density at radius 1 is 1.14 bits per heavy atom. The van der Waals surface area contributed by atoms with E-state index in [0.717, 1.165) is 0 Å². The molecule has 0 unspecified atom stereocenters. The number of nitrogens with one attached hydrogen (secondary N) is 1. The number of sulfonamides is 1. The fourth-order valence-electron chi connectivity index (χ4n) is 2.01. The summed E-state index contributed by atoms with van der Waals surface area (Å²) < 4.78 is 41.1. The Balaban J connectivity index is 2.48. The fourth-order valence-corrected chi connectivity index (χ4v) is 3.45. The number of para-hydroxylation sites is 1. The number of nitrogens with two attached hydrogens (primary N) is 1. The summed E-state index contributed by atoms with van der Waals surface area (Å²) in [7, 11) is -3.87. The first kappa shape index (κ1) is 15.5. The van der Waals surface area contributed by atoms with Gasteiger partial charge >= 0.3 is 0 Å². The third-order valence-electron chi connectivity index (χ3n) is 3.24.